The monoisotopic (exact) mass is 772 g/mol. The minimum Gasteiger partial charge on any atom is -0.488 e. The first-order chi connectivity index (χ1) is 25.4. The molecule has 0 saturated carbocycles. The lowest BCUT2D eigenvalue weighted by molar-refractivity contribution is -0.127. The van der Waals surface area contributed by atoms with Gasteiger partial charge in [-0.2, -0.15) is 0 Å². The quantitative estimate of drug-likeness (QED) is 0.135. The number of ether oxygens (including phenoxy) is 4. The van der Waals surface area contributed by atoms with E-state index < -0.39 is 47.2 Å². The van der Waals surface area contributed by atoms with Crippen molar-refractivity contribution in [2.75, 3.05) is 19.6 Å². The molecule has 0 unspecified atom stereocenters. The molecule has 2 aromatic rings. The van der Waals surface area contributed by atoms with Crippen LogP contribution in [0.4, 0.5) is 14.4 Å². The summed E-state index contributed by atoms with van der Waals surface area (Å²) in [5, 5.41) is 17.4. The second kappa shape index (κ2) is 18.9. The molecule has 1 aliphatic rings. The summed E-state index contributed by atoms with van der Waals surface area (Å²) in [7, 11) is 0. The van der Waals surface area contributed by atoms with Crippen molar-refractivity contribution in [3.63, 3.8) is 0 Å². The Balaban J connectivity index is 1.79. The zero-order chi connectivity index (χ0) is 41.2. The minimum atomic E-state index is -0.753. The number of piperidine rings is 1. The number of nitrogens with one attached hydrogen (secondary N) is 3. The standard InChI is InChI=1S/C40H64N6O9/c1-37(2,3)52-28-18-16-26(17-19-28)25-30(43-35(49)54-39(7,8)9)33-45-44-32(51-33)29(15-13-14-22-41-34(48)53-38(4,5)6)42-31(47)27-20-23-46(24-21-27)36(50)55-40(10,11)12/h16-19,27,29-30H,13-15,20-25H2,1-12H3,(H,41,48)(H,42,47)(H,43,49)/t29-,30-/m0/s1. The highest BCUT2D eigenvalue weighted by molar-refractivity contribution is 5.79. The molecule has 3 N–H and O–H groups in total. The Hall–Kier alpha value is -4.56. The molecular weight excluding hydrogens is 708 g/mol. The summed E-state index contributed by atoms with van der Waals surface area (Å²) in [6.07, 6.45) is 1.31. The lowest BCUT2D eigenvalue weighted by Gasteiger charge is -2.33. The van der Waals surface area contributed by atoms with Crippen LogP contribution in [0, 0.1) is 5.92 Å². The van der Waals surface area contributed by atoms with Crippen molar-refractivity contribution in [2.45, 2.75) is 156 Å². The molecule has 2 heterocycles. The number of likely N-dealkylation sites (tertiary alicyclic amines) is 1. The lowest BCUT2D eigenvalue weighted by atomic mass is 9.95. The molecular formula is C40H64N6O9. The van der Waals surface area contributed by atoms with Crippen LogP contribution < -0.4 is 20.7 Å². The lowest BCUT2D eigenvalue weighted by Crippen LogP contribution is -2.45. The third-order valence-corrected chi connectivity index (χ3v) is 7.95. The molecule has 0 bridgehead atoms. The summed E-state index contributed by atoms with van der Waals surface area (Å²) < 4.78 is 28.6. The van der Waals surface area contributed by atoms with Crippen molar-refractivity contribution >= 4 is 24.2 Å². The molecule has 1 aliphatic heterocycles. The predicted molar refractivity (Wildman–Crippen MR) is 206 cm³/mol. The van der Waals surface area contributed by atoms with Gasteiger partial charge >= 0.3 is 18.3 Å². The third-order valence-electron chi connectivity index (χ3n) is 7.95. The van der Waals surface area contributed by atoms with Crippen LogP contribution in [0.2, 0.25) is 0 Å². The first-order valence-corrected chi connectivity index (χ1v) is 19.2. The van der Waals surface area contributed by atoms with Gasteiger partial charge in [-0.3, -0.25) is 4.79 Å². The number of hydrogen-bond acceptors (Lipinski definition) is 11. The summed E-state index contributed by atoms with van der Waals surface area (Å²) in [5.74, 6) is 0.501. The Morgan fingerprint density at radius 3 is 1.82 bits per heavy atom. The van der Waals surface area contributed by atoms with Gasteiger partial charge in [0, 0.05) is 32.0 Å². The van der Waals surface area contributed by atoms with Crippen LogP contribution in [0.15, 0.2) is 28.7 Å². The maximum Gasteiger partial charge on any atom is 0.410 e. The van der Waals surface area contributed by atoms with Crippen molar-refractivity contribution in [1.29, 1.82) is 0 Å². The molecule has 55 heavy (non-hydrogen) atoms. The highest BCUT2D eigenvalue weighted by Crippen LogP contribution is 2.27. The first-order valence-electron chi connectivity index (χ1n) is 19.2. The van der Waals surface area contributed by atoms with Gasteiger partial charge < -0.3 is 44.2 Å². The maximum absolute atomic E-state index is 13.7. The number of benzene rings is 1. The van der Waals surface area contributed by atoms with Crippen molar-refractivity contribution in [1.82, 2.24) is 31.0 Å². The molecule has 1 aromatic carbocycles. The van der Waals surface area contributed by atoms with Crippen LogP contribution in [-0.4, -0.2) is 81.3 Å². The predicted octanol–water partition coefficient (Wildman–Crippen LogP) is 7.55. The number of rotatable bonds is 13. The van der Waals surface area contributed by atoms with E-state index in [1.807, 2.05) is 65.8 Å². The topological polar surface area (TPSA) is 183 Å². The van der Waals surface area contributed by atoms with Gasteiger partial charge in [0.25, 0.3) is 0 Å². The molecule has 2 atom stereocenters. The number of hydrogen-bond donors (Lipinski definition) is 3. The Kier molecular flexibility index (Phi) is 15.4. The van der Waals surface area contributed by atoms with Crippen LogP contribution in [0.5, 0.6) is 5.75 Å². The van der Waals surface area contributed by atoms with Crippen molar-refractivity contribution < 1.29 is 42.5 Å². The average molecular weight is 773 g/mol. The van der Waals surface area contributed by atoms with E-state index in [0.717, 1.165) is 5.56 Å². The SMILES string of the molecule is CC(C)(C)OC(=O)NCCCC[C@H](NC(=O)C1CCN(C(=O)OC(C)(C)C)CC1)c1nnc([C@H](Cc2ccc(OC(C)(C)C)cc2)NC(=O)OC(C)(C)C)o1. The van der Waals surface area contributed by atoms with Crippen LogP contribution in [-0.2, 0) is 25.4 Å². The van der Waals surface area contributed by atoms with E-state index >= 15 is 0 Å². The van der Waals surface area contributed by atoms with Crippen molar-refractivity contribution in [3.05, 3.63) is 41.6 Å². The van der Waals surface area contributed by atoms with Gasteiger partial charge in [0.15, 0.2) is 0 Å². The highest BCUT2D eigenvalue weighted by Gasteiger charge is 2.33. The molecule has 0 aliphatic carbocycles. The fraction of sp³-hybridized carbons (Fsp3) is 0.700. The number of amides is 4. The smallest absolute Gasteiger partial charge is 0.410 e. The minimum absolute atomic E-state index is 0.146. The molecule has 308 valence electrons. The van der Waals surface area contributed by atoms with Gasteiger partial charge in [-0.05, 0) is 133 Å². The summed E-state index contributed by atoms with van der Waals surface area (Å²) in [4.78, 5) is 53.1. The fourth-order valence-corrected chi connectivity index (χ4v) is 5.64. The molecule has 1 saturated heterocycles. The normalized spacial score (nSPS) is 15.4. The fourth-order valence-electron chi connectivity index (χ4n) is 5.64. The van der Waals surface area contributed by atoms with E-state index in [4.69, 9.17) is 23.4 Å². The first kappa shape index (κ1) is 44.8. The Morgan fingerprint density at radius 2 is 1.27 bits per heavy atom. The maximum atomic E-state index is 13.7. The Bertz CT molecular complexity index is 1560. The Morgan fingerprint density at radius 1 is 0.727 bits per heavy atom. The molecule has 4 amide bonds. The summed E-state index contributed by atoms with van der Waals surface area (Å²) in [6, 6.07) is 6.14. The molecule has 0 spiro atoms. The van der Waals surface area contributed by atoms with E-state index in [1.54, 1.807) is 46.4 Å². The van der Waals surface area contributed by atoms with E-state index in [9.17, 15) is 19.2 Å². The third kappa shape index (κ3) is 17.2. The molecule has 15 nitrogen and oxygen atoms in total. The van der Waals surface area contributed by atoms with Crippen LogP contribution >= 0.6 is 0 Å². The molecule has 3 rings (SSSR count). The Labute approximate surface area is 326 Å². The molecule has 0 radical (unpaired) electrons. The van der Waals surface area contributed by atoms with Gasteiger partial charge in [-0.25, -0.2) is 14.4 Å². The number of carbonyl (C=O) groups excluding carboxylic acids is 4. The van der Waals surface area contributed by atoms with Gasteiger partial charge in [-0.1, -0.05) is 12.1 Å². The van der Waals surface area contributed by atoms with E-state index in [0.29, 0.717) is 63.9 Å². The summed E-state index contributed by atoms with van der Waals surface area (Å²) in [6.45, 7) is 23.2. The van der Waals surface area contributed by atoms with Crippen molar-refractivity contribution in [3.8, 4) is 5.75 Å². The number of nitrogens with zero attached hydrogens (tertiary/aromatic N) is 3. The van der Waals surface area contributed by atoms with Crippen LogP contribution in [0.1, 0.15) is 145 Å². The van der Waals surface area contributed by atoms with Crippen molar-refractivity contribution in [2.24, 2.45) is 5.92 Å². The van der Waals surface area contributed by atoms with Crippen LogP contribution in [0.3, 0.4) is 0 Å². The zero-order valence-electron chi connectivity index (χ0n) is 34.9. The van der Waals surface area contributed by atoms with Gasteiger partial charge in [0.05, 0.1) is 0 Å². The van der Waals surface area contributed by atoms with E-state index in [1.165, 1.54) is 0 Å². The second-order valence-corrected chi connectivity index (χ2v) is 18.0. The summed E-state index contributed by atoms with van der Waals surface area (Å²) in [5.41, 5.74) is -1.45. The van der Waals surface area contributed by atoms with Gasteiger partial charge in [-0.15, -0.1) is 10.2 Å². The van der Waals surface area contributed by atoms with Gasteiger partial charge in [0.2, 0.25) is 17.7 Å². The largest absolute Gasteiger partial charge is 0.488 e. The number of carbonyl (C=O) groups is 4. The number of aromatic nitrogens is 2. The van der Waals surface area contributed by atoms with E-state index in [2.05, 4.69) is 26.1 Å². The number of unbranched alkanes of at least 4 members (excludes halogenated alkanes) is 1. The van der Waals surface area contributed by atoms with Gasteiger partial charge in [0.1, 0.15) is 40.2 Å². The molecule has 1 aromatic heterocycles. The zero-order valence-corrected chi connectivity index (χ0v) is 34.9. The average Bonchev–Trinajstić information content (AvgIpc) is 3.52. The van der Waals surface area contributed by atoms with Crippen LogP contribution in [0.25, 0.3) is 0 Å². The number of alkyl carbamates (subject to hydrolysis) is 2. The second-order valence-electron chi connectivity index (χ2n) is 18.0. The highest BCUT2D eigenvalue weighted by atomic mass is 16.6. The summed E-state index contributed by atoms with van der Waals surface area (Å²) >= 11 is 0. The molecule has 1 fully saturated rings. The van der Waals surface area contributed by atoms with E-state index in [-0.39, 0.29) is 29.2 Å². The molecule has 15 heteroatoms.